The van der Waals surface area contributed by atoms with Crippen molar-refractivity contribution in [3.63, 3.8) is 0 Å². The van der Waals surface area contributed by atoms with Gasteiger partial charge in [-0.2, -0.15) is 13.2 Å². The fraction of sp³-hybridized carbons (Fsp3) is 0.273. The van der Waals surface area contributed by atoms with Crippen molar-refractivity contribution in [3.8, 4) is 0 Å². The summed E-state index contributed by atoms with van der Waals surface area (Å²) in [4.78, 5) is 2.53. The summed E-state index contributed by atoms with van der Waals surface area (Å²) in [5.74, 6) is 0. The average Bonchev–Trinajstić information content (AvgIpc) is 2.22. The Kier molecular flexibility index (Phi) is 4.17. The number of azide groups is 1. The van der Waals surface area contributed by atoms with Crippen LogP contribution in [0.25, 0.3) is 16.5 Å². The second-order valence-corrected chi connectivity index (χ2v) is 3.45. The van der Waals surface area contributed by atoms with Gasteiger partial charge in [-0.1, -0.05) is 23.3 Å². The van der Waals surface area contributed by atoms with Gasteiger partial charge in [-0.25, -0.2) is 0 Å². The van der Waals surface area contributed by atoms with Crippen LogP contribution in [0.15, 0.2) is 29.4 Å². The Labute approximate surface area is 96.2 Å². The van der Waals surface area contributed by atoms with Gasteiger partial charge in [0, 0.05) is 11.5 Å². The Balaban J connectivity index is 2.97. The Morgan fingerprint density at radius 2 is 2.06 bits per heavy atom. The second-order valence-electron chi connectivity index (χ2n) is 3.45. The van der Waals surface area contributed by atoms with E-state index in [1.165, 1.54) is 12.2 Å². The highest BCUT2D eigenvalue weighted by Gasteiger charge is 2.30. The number of nitrogens with zero attached hydrogens (tertiary/aromatic N) is 3. The third-order valence-electron chi connectivity index (χ3n) is 1.99. The third-order valence-corrected chi connectivity index (χ3v) is 1.99. The van der Waals surface area contributed by atoms with E-state index in [2.05, 4.69) is 10.0 Å². The molecule has 0 atom stereocenters. The van der Waals surface area contributed by atoms with E-state index in [4.69, 9.17) is 5.53 Å². The number of benzene rings is 1. The van der Waals surface area contributed by atoms with Gasteiger partial charge in [0.2, 0.25) is 0 Å². The molecule has 0 radical (unpaired) electrons. The lowest BCUT2D eigenvalue weighted by Gasteiger charge is -2.08. The fourth-order valence-corrected chi connectivity index (χ4v) is 1.35. The van der Waals surface area contributed by atoms with Crippen molar-refractivity contribution >= 4 is 6.08 Å². The van der Waals surface area contributed by atoms with E-state index in [9.17, 15) is 13.2 Å². The molecular formula is C11H10F3N3. The average molecular weight is 241 g/mol. The first kappa shape index (κ1) is 13.1. The molecule has 3 nitrogen and oxygen atoms in total. The van der Waals surface area contributed by atoms with Crippen LogP contribution >= 0.6 is 0 Å². The highest BCUT2D eigenvalue weighted by Crippen LogP contribution is 2.30. The molecule has 0 saturated heterocycles. The Morgan fingerprint density at radius 1 is 1.35 bits per heavy atom. The molecule has 0 bridgehead atoms. The van der Waals surface area contributed by atoms with E-state index in [0.717, 1.165) is 12.1 Å². The molecule has 0 fully saturated rings. The zero-order valence-electron chi connectivity index (χ0n) is 9.07. The van der Waals surface area contributed by atoms with Crippen LogP contribution in [-0.4, -0.2) is 6.54 Å². The number of hydrogen-bond donors (Lipinski definition) is 0. The number of halogens is 3. The third kappa shape index (κ3) is 4.20. The smallest absolute Gasteiger partial charge is 0.166 e. The van der Waals surface area contributed by atoms with Crippen LogP contribution in [0.2, 0.25) is 0 Å². The van der Waals surface area contributed by atoms with Gasteiger partial charge in [-0.3, -0.25) is 0 Å². The van der Waals surface area contributed by atoms with Crippen LogP contribution in [0.3, 0.4) is 0 Å². The predicted octanol–water partition coefficient (Wildman–Crippen LogP) is 4.34. The van der Waals surface area contributed by atoms with E-state index in [0.29, 0.717) is 11.1 Å². The second kappa shape index (κ2) is 5.41. The Hall–Kier alpha value is -1.94. The molecule has 0 aromatic heterocycles. The van der Waals surface area contributed by atoms with Crippen molar-refractivity contribution in [2.45, 2.75) is 13.1 Å². The van der Waals surface area contributed by atoms with Gasteiger partial charge in [-0.15, -0.1) is 0 Å². The first-order valence-corrected chi connectivity index (χ1v) is 4.80. The molecule has 0 N–H and O–H groups in total. The maximum absolute atomic E-state index is 12.5. The number of rotatable bonds is 3. The molecule has 0 spiro atoms. The Bertz CT molecular complexity index is 471. The van der Waals surface area contributed by atoms with Gasteiger partial charge in [-0.05, 0) is 35.7 Å². The zero-order chi connectivity index (χ0) is 12.9. The van der Waals surface area contributed by atoms with Crippen LogP contribution in [0, 0.1) is 6.92 Å². The predicted molar refractivity (Wildman–Crippen MR) is 59.2 cm³/mol. The van der Waals surface area contributed by atoms with E-state index in [1.807, 2.05) is 0 Å². The number of hydrogen-bond acceptors (Lipinski definition) is 1. The number of aryl methyl sites for hydroxylation is 1. The van der Waals surface area contributed by atoms with Crippen molar-refractivity contribution in [2.75, 3.05) is 6.54 Å². The molecule has 0 unspecified atom stereocenters. The summed E-state index contributed by atoms with van der Waals surface area (Å²) in [6.07, 6.45) is -1.34. The maximum Gasteiger partial charge on any atom is 0.416 e. The summed E-state index contributed by atoms with van der Waals surface area (Å²) in [6, 6.07) is 3.77. The summed E-state index contributed by atoms with van der Waals surface area (Å²) < 4.78 is 37.5. The largest absolute Gasteiger partial charge is 0.416 e. The van der Waals surface area contributed by atoms with Gasteiger partial charge in [0.1, 0.15) is 0 Å². The van der Waals surface area contributed by atoms with Crippen molar-refractivity contribution in [2.24, 2.45) is 5.11 Å². The fourth-order valence-electron chi connectivity index (χ4n) is 1.35. The van der Waals surface area contributed by atoms with E-state index in [1.54, 1.807) is 13.0 Å². The standard InChI is InChI=1S/C11H10F3N3/c1-8-5-9(3-2-4-16-17-15)7-10(6-8)11(12,13)14/h2-3,5-7H,4H2,1H3. The van der Waals surface area contributed by atoms with Crippen molar-refractivity contribution < 1.29 is 13.2 Å². The molecule has 0 aliphatic heterocycles. The van der Waals surface area contributed by atoms with E-state index in [-0.39, 0.29) is 6.54 Å². The first-order valence-electron chi connectivity index (χ1n) is 4.80. The number of alkyl halides is 3. The normalized spacial score (nSPS) is 11.5. The minimum absolute atomic E-state index is 0.117. The molecule has 0 aliphatic carbocycles. The molecule has 17 heavy (non-hydrogen) atoms. The molecule has 0 saturated carbocycles. The first-order chi connectivity index (χ1) is 7.93. The van der Waals surface area contributed by atoms with Crippen LogP contribution in [0.1, 0.15) is 16.7 Å². The lowest BCUT2D eigenvalue weighted by Crippen LogP contribution is -2.05. The van der Waals surface area contributed by atoms with Gasteiger partial charge in [0.05, 0.1) is 5.56 Å². The molecule has 0 amide bonds. The van der Waals surface area contributed by atoms with Crippen LogP contribution in [-0.2, 0) is 6.18 Å². The Morgan fingerprint density at radius 3 is 2.65 bits per heavy atom. The van der Waals surface area contributed by atoms with Crippen molar-refractivity contribution in [1.82, 2.24) is 0 Å². The topological polar surface area (TPSA) is 48.8 Å². The molecule has 0 aliphatic rings. The molecule has 0 heterocycles. The molecule has 1 aromatic carbocycles. The zero-order valence-corrected chi connectivity index (χ0v) is 9.07. The van der Waals surface area contributed by atoms with Gasteiger partial charge < -0.3 is 0 Å². The van der Waals surface area contributed by atoms with Crippen LogP contribution in [0.4, 0.5) is 13.2 Å². The summed E-state index contributed by atoms with van der Waals surface area (Å²) in [6.45, 7) is 1.71. The van der Waals surface area contributed by atoms with Gasteiger partial charge >= 0.3 is 6.18 Å². The van der Waals surface area contributed by atoms with Gasteiger partial charge in [0.15, 0.2) is 0 Å². The quantitative estimate of drug-likeness (QED) is 0.429. The minimum Gasteiger partial charge on any atom is -0.166 e. The summed E-state index contributed by atoms with van der Waals surface area (Å²) in [5, 5.41) is 3.25. The maximum atomic E-state index is 12.5. The van der Waals surface area contributed by atoms with Gasteiger partial charge in [0.25, 0.3) is 0 Å². The van der Waals surface area contributed by atoms with Crippen LogP contribution < -0.4 is 0 Å². The summed E-state index contributed by atoms with van der Waals surface area (Å²) in [5.41, 5.74) is 8.32. The molecule has 6 heteroatoms. The van der Waals surface area contributed by atoms with E-state index >= 15 is 0 Å². The summed E-state index contributed by atoms with van der Waals surface area (Å²) >= 11 is 0. The highest BCUT2D eigenvalue weighted by molar-refractivity contribution is 5.52. The van der Waals surface area contributed by atoms with Crippen LogP contribution in [0.5, 0.6) is 0 Å². The highest BCUT2D eigenvalue weighted by atomic mass is 19.4. The van der Waals surface area contributed by atoms with Crippen molar-refractivity contribution in [1.29, 1.82) is 0 Å². The van der Waals surface area contributed by atoms with Crippen molar-refractivity contribution in [3.05, 3.63) is 51.4 Å². The molecule has 90 valence electrons. The molecule has 1 rings (SSSR count). The molecule has 1 aromatic rings. The minimum atomic E-state index is -4.35. The summed E-state index contributed by atoms with van der Waals surface area (Å²) in [7, 11) is 0. The molecular weight excluding hydrogens is 231 g/mol. The van der Waals surface area contributed by atoms with E-state index < -0.39 is 11.7 Å². The lowest BCUT2D eigenvalue weighted by atomic mass is 10.1. The lowest BCUT2D eigenvalue weighted by molar-refractivity contribution is -0.137. The monoisotopic (exact) mass is 241 g/mol. The SMILES string of the molecule is Cc1cc(C=CCN=[N+]=[N-])cc(C(F)(F)F)c1.